The van der Waals surface area contributed by atoms with Crippen LogP contribution in [0.4, 0.5) is 5.69 Å². The maximum absolute atomic E-state index is 12.5. The highest BCUT2D eigenvalue weighted by molar-refractivity contribution is 9.11. The van der Waals surface area contributed by atoms with Crippen LogP contribution in [0.25, 0.3) is 0 Å². The Morgan fingerprint density at radius 1 is 1.33 bits per heavy atom. The monoisotopic (exact) mass is 408 g/mol. The van der Waals surface area contributed by atoms with Crippen molar-refractivity contribution in [3.05, 3.63) is 43.5 Å². The Hall–Kier alpha value is -0.600. The lowest BCUT2D eigenvalue weighted by molar-refractivity contribution is 0.601. The van der Waals surface area contributed by atoms with E-state index in [-0.39, 0.29) is 4.90 Å². The van der Waals surface area contributed by atoms with Crippen molar-refractivity contribution in [2.75, 3.05) is 11.8 Å². The van der Waals surface area contributed by atoms with Crippen molar-refractivity contribution in [3.8, 4) is 0 Å². The molecule has 2 rings (SSSR count). The Balaban J connectivity index is 2.36. The maximum Gasteiger partial charge on any atom is 0.263 e. The van der Waals surface area contributed by atoms with Crippen molar-refractivity contribution >= 4 is 54.6 Å². The molecule has 0 aliphatic rings. The van der Waals surface area contributed by atoms with Gasteiger partial charge < -0.3 is 5.32 Å². The molecule has 0 radical (unpaired) electrons. The molecule has 0 amide bonds. The zero-order valence-corrected chi connectivity index (χ0v) is 15.4. The fraction of sp³-hybridized carbons (Fsp3) is 0.231. The molecule has 0 aliphatic carbocycles. The Morgan fingerprint density at radius 3 is 2.71 bits per heavy atom. The molecule has 0 fully saturated rings. The van der Waals surface area contributed by atoms with Gasteiger partial charge in [-0.3, -0.25) is 4.72 Å². The highest BCUT2D eigenvalue weighted by Gasteiger charge is 2.21. The minimum atomic E-state index is -3.65. The Kier molecular flexibility index (Phi) is 5.32. The lowest BCUT2D eigenvalue weighted by Gasteiger charge is -2.10. The minimum Gasteiger partial charge on any atom is -0.315 e. The van der Waals surface area contributed by atoms with Crippen LogP contribution >= 0.6 is 38.9 Å². The summed E-state index contributed by atoms with van der Waals surface area (Å²) in [5, 5.41) is 3.48. The number of nitrogens with one attached hydrogen (secondary N) is 2. The topological polar surface area (TPSA) is 58.2 Å². The maximum atomic E-state index is 12.5. The van der Waals surface area contributed by atoms with Crippen LogP contribution in [0.1, 0.15) is 10.4 Å². The predicted molar refractivity (Wildman–Crippen MR) is 91.8 cm³/mol. The number of aryl methyl sites for hydroxylation is 1. The minimum absolute atomic E-state index is 0.233. The average Bonchev–Trinajstić information content (AvgIpc) is 2.76. The van der Waals surface area contributed by atoms with E-state index in [2.05, 4.69) is 26.0 Å². The number of sulfonamides is 1. The molecule has 1 aromatic carbocycles. The van der Waals surface area contributed by atoms with Gasteiger partial charge in [0.2, 0.25) is 0 Å². The van der Waals surface area contributed by atoms with E-state index in [1.54, 1.807) is 24.3 Å². The normalized spacial score (nSPS) is 11.6. The van der Waals surface area contributed by atoms with Crippen molar-refractivity contribution in [3.63, 3.8) is 0 Å². The Bertz CT molecular complexity index is 760. The Labute approximate surface area is 141 Å². The summed E-state index contributed by atoms with van der Waals surface area (Å²) in [5.74, 6) is 0. The molecule has 1 heterocycles. The second-order valence-corrected chi connectivity index (χ2v) is 8.99. The highest BCUT2D eigenvalue weighted by atomic mass is 79.9. The molecule has 2 N–H and O–H groups in total. The molecule has 0 unspecified atom stereocenters. The Morgan fingerprint density at radius 2 is 2.05 bits per heavy atom. The second kappa shape index (κ2) is 6.66. The molecule has 0 atom stereocenters. The molecule has 2 aromatic rings. The van der Waals surface area contributed by atoms with Gasteiger partial charge in [-0.2, -0.15) is 0 Å². The van der Waals surface area contributed by atoms with Gasteiger partial charge in [-0.15, -0.1) is 11.3 Å². The molecular formula is C13H14BrClN2O2S2. The highest BCUT2D eigenvalue weighted by Crippen LogP contribution is 2.33. The number of halogens is 2. The molecule has 114 valence electrons. The molecule has 0 aliphatic heterocycles. The van der Waals surface area contributed by atoms with Crippen LogP contribution in [-0.4, -0.2) is 15.5 Å². The van der Waals surface area contributed by atoms with Crippen LogP contribution in [0, 0.1) is 6.92 Å². The molecule has 4 nitrogen and oxygen atoms in total. The third-order valence-electron chi connectivity index (χ3n) is 2.79. The smallest absolute Gasteiger partial charge is 0.263 e. The van der Waals surface area contributed by atoms with Crippen LogP contribution in [0.5, 0.6) is 0 Å². The number of benzene rings is 1. The van der Waals surface area contributed by atoms with E-state index in [0.29, 0.717) is 21.0 Å². The van der Waals surface area contributed by atoms with Crippen molar-refractivity contribution in [2.24, 2.45) is 0 Å². The van der Waals surface area contributed by atoms with Gasteiger partial charge in [-0.25, -0.2) is 8.42 Å². The van der Waals surface area contributed by atoms with Gasteiger partial charge >= 0.3 is 0 Å². The fourth-order valence-electron chi connectivity index (χ4n) is 1.75. The van der Waals surface area contributed by atoms with E-state index in [1.807, 2.05) is 14.0 Å². The average molecular weight is 410 g/mol. The first kappa shape index (κ1) is 16.8. The zero-order valence-electron chi connectivity index (χ0n) is 11.4. The summed E-state index contributed by atoms with van der Waals surface area (Å²) in [7, 11) is -1.84. The van der Waals surface area contributed by atoms with Crippen LogP contribution in [0.15, 0.2) is 32.9 Å². The molecule has 0 bridgehead atoms. The molecule has 21 heavy (non-hydrogen) atoms. The molecule has 0 saturated heterocycles. The zero-order chi connectivity index (χ0) is 15.6. The van der Waals surface area contributed by atoms with E-state index in [0.717, 1.165) is 10.4 Å². The van der Waals surface area contributed by atoms with E-state index >= 15 is 0 Å². The van der Waals surface area contributed by atoms with Crippen molar-refractivity contribution in [2.45, 2.75) is 18.4 Å². The number of anilines is 1. The fourth-order valence-corrected chi connectivity index (χ4v) is 5.74. The third-order valence-corrected chi connectivity index (χ3v) is 6.64. The first-order chi connectivity index (χ1) is 9.83. The number of thiophene rings is 1. The summed E-state index contributed by atoms with van der Waals surface area (Å²) in [6.07, 6.45) is 0. The van der Waals surface area contributed by atoms with E-state index in [4.69, 9.17) is 11.6 Å². The number of hydrogen-bond acceptors (Lipinski definition) is 4. The molecular weight excluding hydrogens is 396 g/mol. The molecule has 1 aromatic heterocycles. The van der Waals surface area contributed by atoms with Gasteiger partial charge in [-0.1, -0.05) is 17.7 Å². The van der Waals surface area contributed by atoms with Gasteiger partial charge in [0.05, 0.1) is 9.47 Å². The van der Waals surface area contributed by atoms with Gasteiger partial charge in [0.25, 0.3) is 10.0 Å². The molecule has 8 heteroatoms. The molecule has 0 spiro atoms. The van der Waals surface area contributed by atoms with Crippen molar-refractivity contribution in [1.82, 2.24) is 5.32 Å². The van der Waals surface area contributed by atoms with Crippen LogP contribution < -0.4 is 10.0 Å². The largest absolute Gasteiger partial charge is 0.315 e. The SMILES string of the molecule is CNCc1cc(S(=O)(=O)Nc2cc(Cl)ccc2C)c(Br)s1. The number of rotatable bonds is 5. The summed E-state index contributed by atoms with van der Waals surface area (Å²) in [4.78, 5) is 1.17. The second-order valence-electron chi connectivity index (χ2n) is 4.45. The summed E-state index contributed by atoms with van der Waals surface area (Å²) >= 11 is 10.6. The first-order valence-corrected chi connectivity index (χ1v) is 9.52. The predicted octanol–water partition coefficient (Wildman–Crippen LogP) is 3.99. The summed E-state index contributed by atoms with van der Waals surface area (Å²) in [6, 6.07) is 6.76. The first-order valence-electron chi connectivity index (χ1n) is 6.05. The van der Waals surface area contributed by atoms with Crippen LogP contribution in [-0.2, 0) is 16.6 Å². The van der Waals surface area contributed by atoms with Gasteiger partial charge in [0.15, 0.2) is 0 Å². The van der Waals surface area contributed by atoms with Gasteiger partial charge in [0, 0.05) is 16.4 Å². The summed E-state index contributed by atoms with van der Waals surface area (Å²) in [6.45, 7) is 2.44. The van der Waals surface area contributed by atoms with Gasteiger partial charge in [-0.05, 0) is 53.7 Å². The van der Waals surface area contributed by atoms with E-state index < -0.39 is 10.0 Å². The van der Waals surface area contributed by atoms with E-state index in [9.17, 15) is 8.42 Å². The summed E-state index contributed by atoms with van der Waals surface area (Å²) < 4.78 is 28.2. The number of hydrogen-bond donors (Lipinski definition) is 2. The third kappa shape index (κ3) is 3.98. The van der Waals surface area contributed by atoms with Crippen LogP contribution in [0.3, 0.4) is 0 Å². The lowest BCUT2D eigenvalue weighted by Crippen LogP contribution is -2.13. The summed E-state index contributed by atoms with van der Waals surface area (Å²) in [5.41, 5.74) is 1.29. The quantitative estimate of drug-likeness (QED) is 0.785. The van der Waals surface area contributed by atoms with Gasteiger partial charge in [0.1, 0.15) is 4.90 Å². The van der Waals surface area contributed by atoms with Crippen molar-refractivity contribution < 1.29 is 8.42 Å². The lowest BCUT2D eigenvalue weighted by atomic mass is 10.2. The van der Waals surface area contributed by atoms with E-state index in [1.165, 1.54) is 11.3 Å². The molecule has 0 saturated carbocycles. The van der Waals surface area contributed by atoms with Crippen molar-refractivity contribution in [1.29, 1.82) is 0 Å². The standard InChI is InChI=1S/C13H14BrClN2O2S2/c1-8-3-4-9(15)5-11(8)17-21(18,19)12-6-10(7-16-2)20-13(12)14/h3-6,16-17H,7H2,1-2H3. The van der Waals surface area contributed by atoms with Crippen LogP contribution in [0.2, 0.25) is 5.02 Å².